The lowest BCUT2D eigenvalue weighted by atomic mass is 9.99. The number of nitrogens with zero attached hydrogens (tertiary/aromatic N) is 3. The predicted octanol–water partition coefficient (Wildman–Crippen LogP) is 1.46. The molecule has 0 aromatic heterocycles. The second kappa shape index (κ2) is 7.11. The van der Waals surface area contributed by atoms with Crippen molar-refractivity contribution in [1.29, 1.82) is 0 Å². The van der Waals surface area contributed by atoms with Gasteiger partial charge in [-0.05, 0) is 45.7 Å². The molecule has 1 N–H and O–H groups in total. The number of rotatable bonds is 3. The zero-order valence-electron chi connectivity index (χ0n) is 13.1. The molecule has 2 aliphatic rings. The predicted molar refractivity (Wildman–Crippen MR) is 80.3 cm³/mol. The van der Waals surface area contributed by atoms with Crippen molar-refractivity contribution in [1.82, 2.24) is 14.7 Å². The summed E-state index contributed by atoms with van der Waals surface area (Å²) in [5.41, 5.74) is 0. The Kier molecular flexibility index (Phi) is 5.45. The lowest BCUT2D eigenvalue weighted by molar-refractivity contribution is -0.138. The topological polar surface area (TPSA) is 64.1 Å². The number of piperidine rings is 2. The van der Waals surface area contributed by atoms with Crippen LogP contribution < -0.4 is 0 Å². The van der Waals surface area contributed by atoms with E-state index in [0.29, 0.717) is 6.54 Å². The first-order valence-corrected chi connectivity index (χ1v) is 7.93. The van der Waals surface area contributed by atoms with Gasteiger partial charge in [0.05, 0.1) is 6.42 Å². The quantitative estimate of drug-likeness (QED) is 0.856. The Hall–Kier alpha value is -1.30. The highest BCUT2D eigenvalue weighted by atomic mass is 16.4. The molecule has 2 unspecified atom stereocenters. The zero-order chi connectivity index (χ0) is 15.4. The normalized spacial score (nSPS) is 27.4. The van der Waals surface area contributed by atoms with Crippen LogP contribution in [-0.4, -0.2) is 77.6 Å². The summed E-state index contributed by atoms with van der Waals surface area (Å²) < 4.78 is 0. The summed E-state index contributed by atoms with van der Waals surface area (Å²) in [6.45, 7) is 2.67. The third kappa shape index (κ3) is 4.09. The molecule has 6 heteroatoms. The van der Waals surface area contributed by atoms with E-state index in [4.69, 9.17) is 5.11 Å². The molecule has 6 nitrogen and oxygen atoms in total. The van der Waals surface area contributed by atoms with Crippen molar-refractivity contribution < 1.29 is 14.7 Å². The Morgan fingerprint density at radius 1 is 1.19 bits per heavy atom. The second-order valence-electron chi connectivity index (χ2n) is 6.39. The maximum Gasteiger partial charge on any atom is 0.320 e. The van der Waals surface area contributed by atoms with Crippen LogP contribution in [-0.2, 0) is 4.79 Å². The van der Waals surface area contributed by atoms with Crippen molar-refractivity contribution in [3.63, 3.8) is 0 Å². The molecule has 0 aromatic carbocycles. The molecule has 21 heavy (non-hydrogen) atoms. The summed E-state index contributed by atoms with van der Waals surface area (Å²) in [5, 5.41) is 9.03. The van der Waals surface area contributed by atoms with Crippen LogP contribution in [0.5, 0.6) is 0 Å². The fourth-order valence-corrected chi connectivity index (χ4v) is 3.48. The highest BCUT2D eigenvalue weighted by Crippen LogP contribution is 2.23. The number of amides is 2. The van der Waals surface area contributed by atoms with Gasteiger partial charge in [0.1, 0.15) is 0 Å². The minimum absolute atomic E-state index is 0.00116. The number of carboxylic acids is 1. The van der Waals surface area contributed by atoms with E-state index in [1.54, 1.807) is 4.90 Å². The van der Waals surface area contributed by atoms with Crippen molar-refractivity contribution >= 4 is 12.0 Å². The van der Waals surface area contributed by atoms with E-state index in [0.717, 1.165) is 45.2 Å². The smallest absolute Gasteiger partial charge is 0.320 e. The van der Waals surface area contributed by atoms with Crippen LogP contribution in [0.1, 0.15) is 38.5 Å². The fourth-order valence-electron chi connectivity index (χ4n) is 3.48. The van der Waals surface area contributed by atoms with Crippen molar-refractivity contribution in [2.45, 2.75) is 50.6 Å². The molecule has 2 heterocycles. The van der Waals surface area contributed by atoms with Crippen molar-refractivity contribution in [3.8, 4) is 0 Å². The first-order valence-electron chi connectivity index (χ1n) is 7.93. The molecule has 2 aliphatic heterocycles. The summed E-state index contributed by atoms with van der Waals surface area (Å²) in [6, 6.07) is 0.0948. The number of carboxylic acid groups (broad SMARTS) is 1. The van der Waals surface area contributed by atoms with Gasteiger partial charge in [-0.25, -0.2) is 4.79 Å². The number of hydrogen-bond acceptors (Lipinski definition) is 3. The Morgan fingerprint density at radius 2 is 1.95 bits per heavy atom. The summed E-state index contributed by atoms with van der Waals surface area (Å²) in [5.74, 6) is -0.820. The number of hydrogen-bond donors (Lipinski definition) is 1. The molecule has 0 aliphatic carbocycles. The molecule has 2 fully saturated rings. The largest absolute Gasteiger partial charge is 0.481 e. The molecule has 2 rings (SSSR count). The van der Waals surface area contributed by atoms with E-state index in [9.17, 15) is 9.59 Å². The SMILES string of the molecule is CN1CCCC(N(C)C(=O)N2CCCCC2CC(=O)O)C1. The maximum atomic E-state index is 12.7. The second-order valence-corrected chi connectivity index (χ2v) is 6.39. The minimum atomic E-state index is -0.820. The minimum Gasteiger partial charge on any atom is -0.481 e. The van der Waals surface area contributed by atoms with Gasteiger partial charge in [-0.1, -0.05) is 0 Å². The molecule has 0 saturated carbocycles. The van der Waals surface area contributed by atoms with Crippen LogP contribution in [0, 0.1) is 0 Å². The van der Waals surface area contributed by atoms with E-state index < -0.39 is 5.97 Å². The van der Waals surface area contributed by atoms with Gasteiger partial charge in [0.25, 0.3) is 0 Å². The van der Waals surface area contributed by atoms with Crippen LogP contribution in [0.2, 0.25) is 0 Å². The summed E-state index contributed by atoms with van der Waals surface area (Å²) in [4.78, 5) is 29.6. The van der Waals surface area contributed by atoms with Gasteiger partial charge in [0.2, 0.25) is 0 Å². The Bertz CT molecular complexity index is 388. The lowest BCUT2D eigenvalue weighted by Crippen LogP contribution is -2.55. The average molecular weight is 297 g/mol. The zero-order valence-corrected chi connectivity index (χ0v) is 13.1. The highest BCUT2D eigenvalue weighted by molar-refractivity contribution is 5.76. The third-order valence-corrected chi connectivity index (χ3v) is 4.73. The average Bonchev–Trinajstić information content (AvgIpc) is 2.46. The van der Waals surface area contributed by atoms with E-state index in [1.807, 2.05) is 11.9 Å². The van der Waals surface area contributed by atoms with Crippen molar-refractivity contribution in [2.75, 3.05) is 33.7 Å². The molecule has 0 radical (unpaired) electrons. The molecule has 2 saturated heterocycles. The molecular formula is C15H27N3O3. The molecule has 0 bridgehead atoms. The molecule has 0 spiro atoms. The Labute approximate surface area is 126 Å². The van der Waals surface area contributed by atoms with Crippen LogP contribution in [0.4, 0.5) is 4.79 Å². The maximum absolute atomic E-state index is 12.7. The van der Waals surface area contributed by atoms with Gasteiger partial charge in [0, 0.05) is 32.2 Å². The summed E-state index contributed by atoms with van der Waals surface area (Å²) >= 11 is 0. The van der Waals surface area contributed by atoms with Crippen molar-refractivity contribution in [2.24, 2.45) is 0 Å². The molecular weight excluding hydrogens is 270 g/mol. The van der Waals surface area contributed by atoms with Gasteiger partial charge in [-0.3, -0.25) is 4.79 Å². The number of aliphatic carboxylic acids is 1. The standard InChI is InChI=1S/C15H27N3O3/c1-16-8-5-7-13(11-16)17(2)15(21)18-9-4-3-6-12(18)10-14(19)20/h12-13H,3-11H2,1-2H3,(H,19,20). The molecule has 2 atom stereocenters. The monoisotopic (exact) mass is 297 g/mol. The van der Waals surface area contributed by atoms with Gasteiger partial charge in [0.15, 0.2) is 0 Å². The van der Waals surface area contributed by atoms with Crippen molar-refractivity contribution in [3.05, 3.63) is 0 Å². The first-order chi connectivity index (χ1) is 9.99. The highest BCUT2D eigenvalue weighted by Gasteiger charge is 2.33. The third-order valence-electron chi connectivity index (χ3n) is 4.73. The molecule has 0 aromatic rings. The van der Waals surface area contributed by atoms with Gasteiger partial charge in [-0.2, -0.15) is 0 Å². The summed E-state index contributed by atoms with van der Waals surface area (Å²) in [6.07, 6.45) is 4.99. The molecule has 2 amide bonds. The van der Waals surface area contributed by atoms with Gasteiger partial charge in [-0.15, -0.1) is 0 Å². The Morgan fingerprint density at radius 3 is 2.62 bits per heavy atom. The first kappa shape index (κ1) is 16.1. The molecule has 120 valence electrons. The van der Waals surface area contributed by atoms with E-state index >= 15 is 0 Å². The number of likely N-dealkylation sites (tertiary alicyclic amines) is 2. The number of likely N-dealkylation sites (N-methyl/N-ethyl adjacent to an activating group) is 2. The van der Waals surface area contributed by atoms with Crippen LogP contribution in [0.3, 0.4) is 0 Å². The fraction of sp³-hybridized carbons (Fsp3) is 0.867. The number of carbonyl (C=O) groups is 2. The van der Waals surface area contributed by atoms with Gasteiger partial charge < -0.3 is 19.8 Å². The van der Waals surface area contributed by atoms with Gasteiger partial charge >= 0.3 is 12.0 Å². The van der Waals surface area contributed by atoms with Crippen LogP contribution in [0.15, 0.2) is 0 Å². The van der Waals surface area contributed by atoms with Crippen LogP contribution >= 0.6 is 0 Å². The van der Waals surface area contributed by atoms with E-state index in [-0.39, 0.29) is 24.5 Å². The van der Waals surface area contributed by atoms with Crippen LogP contribution in [0.25, 0.3) is 0 Å². The number of carbonyl (C=O) groups excluding carboxylic acids is 1. The number of urea groups is 1. The van der Waals surface area contributed by atoms with E-state index in [1.165, 1.54) is 0 Å². The lowest BCUT2D eigenvalue weighted by Gasteiger charge is -2.42. The Balaban J connectivity index is 2.00. The van der Waals surface area contributed by atoms with E-state index in [2.05, 4.69) is 11.9 Å². The summed E-state index contributed by atoms with van der Waals surface area (Å²) in [7, 11) is 3.94.